The van der Waals surface area contributed by atoms with Gasteiger partial charge in [-0.1, -0.05) is 15.9 Å². The minimum atomic E-state index is 0.593. The van der Waals surface area contributed by atoms with Gasteiger partial charge in [0.25, 0.3) is 0 Å². The third-order valence-corrected chi connectivity index (χ3v) is 2.15. The van der Waals surface area contributed by atoms with E-state index in [-0.39, 0.29) is 0 Å². The highest BCUT2D eigenvalue weighted by atomic mass is 79.9. The van der Waals surface area contributed by atoms with E-state index in [1.807, 2.05) is 0 Å². The Hall–Kier alpha value is 0.400. The Bertz CT molecular complexity index is 78.8. The maximum absolute atomic E-state index is 5.16. The van der Waals surface area contributed by atoms with Gasteiger partial charge in [0.05, 0.1) is 13.3 Å². The van der Waals surface area contributed by atoms with Crippen molar-refractivity contribution in [2.24, 2.45) is 0 Å². The summed E-state index contributed by atoms with van der Waals surface area (Å²) in [6, 6.07) is 0.593. The van der Waals surface area contributed by atoms with Crippen molar-refractivity contribution in [3.8, 4) is 0 Å². The average molecular weight is 180 g/mol. The Balaban J connectivity index is 2.30. The maximum atomic E-state index is 5.16. The fourth-order valence-corrected chi connectivity index (χ4v) is 1.41. The van der Waals surface area contributed by atoms with E-state index in [0.717, 1.165) is 18.7 Å². The highest BCUT2D eigenvalue weighted by molar-refractivity contribution is 9.09. The molecule has 0 N–H and O–H groups in total. The minimum absolute atomic E-state index is 0.593. The molecule has 48 valence electrons. The van der Waals surface area contributed by atoms with Gasteiger partial charge in [-0.25, -0.2) is 0 Å². The zero-order valence-electron chi connectivity index (χ0n) is 4.93. The molecule has 0 amide bonds. The van der Waals surface area contributed by atoms with Gasteiger partial charge in [-0.2, -0.15) is 0 Å². The molecule has 1 atom stereocenters. The first kappa shape index (κ1) is 6.52. The van der Waals surface area contributed by atoms with Crippen LogP contribution in [0, 0.1) is 0 Å². The molecule has 0 aromatic carbocycles. The summed E-state index contributed by atoms with van der Waals surface area (Å²) in [5.74, 6) is 0. The normalized spacial score (nSPS) is 31.5. The van der Waals surface area contributed by atoms with Gasteiger partial charge in [-0.3, -0.25) is 4.90 Å². The van der Waals surface area contributed by atoms with Gasteiger partial charge >= 0.3 is 0 Å². The first-order valence-electron chi connectivity index (χ1n) is 2.68. The molecule has 0 bridgehead atoms. The van der Waals surface area contributed by atoms with E-state index < -0.39 is 0 Å². The van der Waals surface area contributed by atoms with Crippen LogP contribution in [0.4, 0.5) is 0 Å². The number of nitrogens with zero attached hydrogens (tertiary/aromatic N) is 1. The number of ether oxygens (including phenoxy) is 1. The second-order valence-electron chi connectivity index (χ2n) is 2.07. The van der Waals surface area contributed by atoms with Crippen molar-refractivity contribution in [2.75, 3.05) is 25.7 Å². The number of rotatable bonds is 1. The fraction of sp³-hybridized carbons (Fsp3) is 1.00. The van der Waals surface area contributed by atoms with Crippen molar-refractivity contribution in [1.82, 2.24) is 4.90 Å². The third-order valence-electron chi connectivity index (χ3n) is 1.41. The van der Waals surface area contributed by atoms with Crippen LogP contribution < -0.4 is 0 Å². The summed E-state index contributed by atoms with van der Waals surface area (Å²) in [4.78, 5) is 2.19. The van der Waals surface area contributed by atoms with E-state index >= 15 is 0 Å². The lowest BCUT2D eigenvalue weighted by atomic mass is 10.4. The average Bonchev–Trinajstić information content (AvgIpc) is 2.14. The van der Waals surface area contributed by atoms with Crippen molar-refractivity contribution in [2.45, 2.75) is 6.04 Å². The first-order chi connectivity index (χ1) is 3.84. The SMILES string of the molecule is CN1COCC1CBr. The van der Waals surface area contributed by atoms with E-state index in [1.165, 1.54) is 0 Å². The van der Waals surface area contributed by atoms with E-state index in [0.29, 0.717) is 6.04 Å². The predicted octanol–water partition coefficient (Wildman–Crippen LogP) is 0.669. The summed E-state index contributed by atoms with van der Waals surface area (Å²) in [6.45, 7) is 1.66. The van der Waals surface area contributed by atoms with Gasteiger partial charge in [-0.05, 0) is 7.05 Å². The minimum Gasteiger partial charge on any atom is -0.364 e. The van der Waals surface area contributed by atoms with Crippen LogP contribution in [0.2, 0.25) is 0 Å². The van der Waals surface area contributed by atoms with Crippen LogP contribution in [0.1, 0.15) is 0 Å². The van der Waals surface area contributed by atoms with Gasteiger partial charge in [-0.15, -0.1) is 0 Å². The zero-order valence-corrected chi connectivity index (χ0v) is 6.52. The second-order valence-corrected chi connectivity index (χ2v) is 2.71. The quantitative estimate of drug-likeness (QED) is 0.550. The molecule has 3 heteroatoms. The molecule has 0 aromatic rings. The predicted molar refractivity (Wildman–Crippen MR) is 36.2 cm³/mol. The summed E-state index contributed by atoms with van der Waals surface area (Å²) in [5.41, 5.74) is 0. The Morgan fingerprint density at radius 1 is 1.88 bits per heavy atom. The lowest BCUT2D eigenvalue weighted by Gasteiger charge is -2.12. The summed E-state index contributed by atoms with van der Waals surface area (Å²) < 4.78 is 5.16. The van der Waals surface area contributed by atoms with E-state index in [2.05, 4.69) is 27.9 Å². The maximum Gasteiger partial charge on any atom is 0.0991 e. The molecule has 1 unspecified atom stereocenters. The largest absolute Gasteiger partial charge is 0.364 e. The molecule has 0 radical (unpaired) electrons. The Kier molecular flexibility index (Phi) is 2.28. The van der Waals surface area contributed by atoms with Crippen LogP contribution in [0.5, 0.6) is 0 Å². The van der Waals surface area contributed by atoms with Crippen molar-refractivity contribution in [1.29, 1.82) is 0 Å². The summed E-state index contributed by atoms with van der Waals surface area (Å²) in [5, 5.41) is 1.02. The van der Waals surface area contributed by atoms with Crippen LogP contribution in [0.25, 0.3) is 0 Å². The van der Waals surface area contributed by atoms with Crippen molar-refractivity contribution in [3.63, 3.8) is 0 Å². The van der Waals surface area contributed by atoms with Crippen LogP contribution in [0.15, 0.2) is 0 Å². The Labute approximate surface area is 57.9 Å². The lowest BCUT2D eigenvalue weighted by Crippen LogP contribution is -2.27. The van der Waals surface area contributed by atoms with Crippen molar-refractivity contribution in [3.05, 3.63) is 0 Å². The molecule has 8 heavy (non-hydrogen) atoms. The molecular weight excluding hydrogens is 170 g/mol. The molecule has 0 spiro atoms. The monoisotopic (exact) mass is 179 g/mol. The highest BCUT2D eigenvalue weighted by Crippen LogP contribution is 2.07. The zero-order chi connectivity index (χ0) is 5.98. The molecule has 1 fully saturated rings. The Morgan fingerprint density at radius 3 is 2.88 bits per heavy atom. The molecule has 0 saturated carbocycles. The first-order valence-corrected chi connectivity index (χ1v) is 3.80. The van der Waals surface area contributed by atoms with Crippen LogP contribution in [-0.2, 0) is 4.74 Å². The van der Waals surface area contributed by atoms with Gasteiger partial charge in [0.15, 0.2) is 0 Å². The molecule has 1 aliphatic rings. The number of hydrogen-bond acceptors (Lipinski definition) is 2. The molecule has 1 saturated heterocycles. The number of likely N-dealkylation sites (N-methyl/N-ethyl adjacent to an activating group) is 1. The standard InChI is InChI=1S/C5H10BrNO/c1-7-4-8-3-5(7)2-6/h5H,2-4H2,1H3. The molecular formula is C5H10BrNO. The van der Waals surface area contributed by atoms with Crippen LogP contribution in [0.3, 0.4) is 0 Å². The van der Waals surface area contributed by atoms with E-state index in [9.17, 15) is 0 Å². The molecule has 0 aliphatic carbocycles. The summed E-state index contributed by atoms with van der Waals surface area (Å²) in [7, 11) is 2.07. The van der Waals surface area contributed by atoms with Crippen LogP contribution >= 0.6 is 15.9 Å². The third kappa shape index (κ3) is 1.21. The van der Waals surface area contributed by atoms with Gasteiger partial charge in [0.2, 0.25) is 0 Å². The molecule has 1 aliphatic heterocycles. The summed E-state index contributed by atoms with van der Waals surface area (Å²) >= 11 is 3.39. The smallest absolute Gasteiger partial charge is 0.0991 e. The number of alkyl halides is 1. The van der Waals surface area contributed by atoms with Gasteiger partial charge < -0.3 is 4.74 Å². The molecule has 2 nitrogen and oxygen atoms in total. The van der Waals surface area contributed by atoms with E-state index in [4.69, 9.17) is 4.74 Å². The topological polar surface area (TPSA) is 12.5 Å². The molecule has 1 heterocycles. The second kappa shape index (κ2) is 2.80. The fourth-order valence-electron chi connectivity index (χ4n) is 0.728. The van der Waals surface area contributed by atoms with E-state index in [1.54, 1.807) is 0 Å². The van der Waals surface area contributed by atoms with Crippen LogP contribution in [-0.4, -0.2) is 36.7 Å². The van der Waals surface area contributed by atoms with Gasteiger partial charge in [0.1, 0.15) is 0 Å². The summed E-state index contributed by atoms with van der Waals surface area (Å²) in [6.07, 6.45) is 0. The molecule has 1 rings (SSSR count). The number of hydrogen-bond donors (Lipinski definition) is 0. The van der Waals surface area contributed by atoms with Crippen molar-refractivity contribution >= 4 is 15.9 Å². The van der Waals surface area contributed by atoms with Gasteiger partial charge in [0, 0.05) is 11.4 Å². The number of halogens is 1. The highest BCUT2D eigenvalue weighted by Gasteiger charge is 2.19. The van der Waals surface area contributed by atoms with Crippen molar-refractivity contribution < 1.29 is 4.74 Å². The Morgan fingerprint density at radius 2 is 2.62 bits per heavy atom. The molecule has 0 aromatic heterocycles. The lowest BCUT2D eigenvalue weighted by molar-refractivity contribution is 0.153.